The smallest absolute Gasteiger partial charge is 0.257 e. The zero-order valence-electron chi connectivity index (χ0n) is 13.2. The van der Waals surface area contributed by atoms with Gasteiger partial charge in [-0.3, -0.25) is 0 Å². The second-order valence-electron chi connectivity index (χ2n) is 6.27. The van der Waals surface area contributed by atoms with E-state index < -0.39 is 10.0 Å². The first kappa shape index (κ1) is 16.1. The first-order valence-electron chi connectivity index (χ1n) is 7.86. The molecule has 6 nitrogen and oxygen atoms in total. The minimum absolute atomic E-state index is 0.0509. The summed E-state index contributed by atoms with van der Waals surface area (Å²) in [6.07, 6.45) is 5.64. The van der Waals surface area contributed by atoms with Gasteiger partial charge in [0.15, 0.2) is 5.82 Å². The summed E-state index contributed by atoms with van der Waals surface area (Å²) in [5, 5.41) is 9.25. The number of hydrogen-bond donors (Lipinski definition) is 1. The molecule has 3 rings (SSSR count). The van der Waals surface area contributed by atoms with Crippen molar-refractivity contribution in [2.75, 3.05) is 0 Å². The molecule has 0 bridgehead atoms. The van der Waals surface area contributed by atoms with Crippen LogP contribution in [0, 0.1) is 0 Å². The van der Waals surface area contributed by atoms with Crippen LogP contribution in [0.5, 0.6) is 0 Å². The van der Waals surface area contributed by atoms with Gasteiger partial charge in [0.2, 0.25) is 10.0 Å². The maximum absolute atomic E-state index is 11.1. The van der Waals surface area contributed by atoms with Crippen LogP contribution in [-0.4, -0.2) is 18.6 Å². The Morgan fingerprint density at radius 1 is 1.22 bits per heavy atom. The van der Waals surface area contributed by atoms with E-state index in [2.05, 4.69) is 17.1 Å². The summed E-state index contributed by atoms with van der Waals surface area (Å²) in [5.41, 5.74) is 1.47. The van der Waals surface area contributed by atoms with Gasteiger partial charge in [-0.15, -0.1) is 0 Å². The molecule has 1 aromatic heterocycles. The van der Waals surface area contributed by atoms with Gasteiger partial charge >= 0.3 is 0 Å². The summed E-state index contributed by atoms with van der Waals surface area (Å²) in [4.78, 5) is 4.59. The molecule has 1 fully saturated rings. The van der Waals surface area contributed by atoms with E-state index in [1.54, 1.807) is 24.3 Å². The number of aromatic nitrogens is 2. The van der Waals surface area contributed by atoms with E-state index >= 15 is 0 Å². The van der Waals surface area contributed by atoms with Crippen LogP contribution in [-0.2, 0) is 21.2 Å². The SMILES string of the molecule is CCC1(c2noc(-c3ccc(CS(N)(=O)=O)cc3)n2)CCCC1. The van der Waals surface area contributed by atoms with E-state index in [-0.39, 0.29) is 11.2 Å². The van der Waals surface area contributed by atoms with Crippen LogP contribution in [0.15, 0.2) is 28.8 Å². The lowest BCUT2D eigenvalue weighted by atomic mass is 9.83. The monoisotopic (exact) mass is 335 g/mol. The van der Waals surface area contributed by atoms with Crippen molar-refractivity contribution < 1.29 is 12.9 Å². The predicted molar refractivity (Wildman–Crippen MR) is 87.0 cm³/mol. The van der Waals surface area contributed by atoms with Crippen LogP contribution in [0.2, 0.25) is 0 Å². The molecule has 2 N–H and O–H groups in total. The molecule has 1 saturated carbocycles. The lowest BCUT2D eigenvalue weighted by molar-refractivity contribution is 0.356. The molecule has 0 amide bonds. The number of hydrogen-bond acceptors (Lipinski definition) is 5. The Morgan fingerprint density at radius 2 is 1.87 bits per heavy atom. The highest BCUT2D eigenvalue weighted by atomic mass is 32.2. The first-order chi connectivity index (χ1) is 10.9. The number of rotatable bonds is 5. The molecular formula is C16H21N3O3S. The molecule has 124 valence electrons. The number of benzene rings is 1. The van der Waals surface area contributed by atoms with E-state index in [9.17, 15) is 8.42 Å². The molecule has 1 aromatic carbocycles. The lowest BCUT2D eigenvalue weighted by Crippen LogP contribution is -2.22. The van der Waals surface area contributed by atoms with Crippen LogP contribution in [0.4, 0.5) is 0 Å². The van der Waals surface area contributed by atoms with Crippen LogP contribution in [0.25, 0.3) is 11.5 Å². The summed E-state index contributed by atoms with van der Waals surface area (Å²) in [7, 11) is -3.52. The topological polar surface area (TPSA) is 99.1 Å². The fourth-order valence-electron chi connectivity index (χ4n) is 3.32. The van der Waals surface area contributed by atoms with Gasteiger partial charge in [0.05, 0.1) is 5.75 Å². The standard InChI is InChI=1S/C16H21N3O3S/c1-2-16(9-3-4-10-16)15-18-14(22-19-15)13-7-5-12(6-8-13)11-23(17,20)21/h5-8H,2-4,9-11H2,1H3,(H2,17,20,21). The molecule has 1 aliphatic rings. The third kappa shape index (κ3) is 3.45. The number of nitrogens with two attached hydrogens (primary N) is 1. The normalized spacial score (nSPS) is 17.5. The summed E-state index contributed by atoms with van der Waals surface area (Å²) in [5.74, 6) is 1.09. The van der Waals surface area contributed by atoms with Crippen molar-refractivity contribution in [2.45, 2.75) is 50.2 Å². The summed E-state index contributed by atoms with van der Waals surface area (Å²) in [6, 6.07) is 7.00. The van der Waals surface area contributed by atoms with Crippen molar-refractivity contribution in [3.05, 3.63) is 35.7 Å². The van der Waals surface area contributed by atoms with Gasteiger partial charge < -0.3 is 4.52 Å². The average Bonchev–Trinajstić information content (AvgIpc) is 3.16. The highest BCUT2D eigenvalue weighted by molar-refractivity contribution is 7.88. The van der Waals surface area contributed by atoms with E-state index in [1.807, 2.05) is 0 Å². The minimum Gasteiger partial charge on any atom is -0.334 e. The van der Waals surface area contributed by atoms with Crippen LogP contribution >= 0.6 is 0 Å². The van der Waals surface area contributed by atoms with E-state index in [1.165, 1.54) is 12.8 Å². The third-order valence-corrected chi connectivity index (χ3v) is 5.44. The Labute approximate surface area is 136 Å². The second-order valence-corrected chi connectivity index (χ2v) is 7.88. The summed E-state index contributed by atoms with van der Waals surface area (Å²) >= 11 is 0. The molecule has 0 spiro atoms. The molecule has 2 aromatic rings. The molecule has 7 heteroatoms. The number of nitrogens with zero attached hydrogens (tertiary/aromatic N) is 2. The molecular weight excluding hydrogens is 314 g/mol. The van der Waals surface area contributed by atoms with Crippen molar-refractivity contribution >= 4 is 10.0 Å². The van der Waals surface area contributed by atoms with Gasteiger partial charge in [-0.1, -0.05) is 37.1 Å². The van der Waals surface area contributed by atoms with Gasteiger partial charge in [0, 0.05) is 11.0 Å². The number of primary sulfonamides is 1. The summed E-state index contributed by atoms with van der Waals surface area (Å²) < 4.78 is 27.6. The van der Waals surface area contributed by atoms with E-state index in [4.69, 9.17) is 9.66 Å². The average molecular weight is 335 g/mol. The molecule has 0 saturated heterocycles. The lowest BCUT2D eigenvalue weighted by Gasteiger charge is -2.22. The molecule has 0 aliphatic heterocycles. The van der Waals surface area contributed by atoms with Gasteiger partial charge in [-0.25, -0.2) is 13.6 Å². The summed E-state index contributed by atoms with van der Waals surface area (Å²) in [6.45, 7) is 2.17. The highest BCUT2D eigenvalue weighted by Gasteiger charge is 2.38. The third-order valence-electron chi connectivity index (χ3n) is 4.71. The van der Waals surface area contributed by atoms with Gasteiger partial charge in [-0.2, -0.15) is 4.98 Å². The predicted octanol–water partition coefficient (Wildman–Crippen LogP) is 2.75. The highest BCUT2D eigenvalue weighted by Crippen LogP contribution is 2.42. The quantitative estimate of drug-likeness (QED) is 0.905. The number of sulfonamides is 1. The fraction of sp³-hybridized carbons (Fsp3) is 0.500. The molecule has 23 heavy (non-hydrogen) atoms. The van der Waals surface area contributed by atoms with Crippen molar-refractivity contribution in [1.29, 1.82) is 0 Å². The fourth-order valence-corrected chi connectivity index (χ4v) is 3.98. The molecule has 0 radical (unpaired) electrons. The zero-order valence-corrected chi connectivity index (χ0v) is 14.0. The van der Waals surface area contributed by atoms with E-state index in [0.717, 1.165) is 30.7 Å². The van der Waals surface area contributed by atoms with Gasteiger partial charge in [0.25, 0.3) is 5.89 Å². The molecule has 0 atom stereocenters. The van der Waals surface area contributed by atoms with Crippen molar-refractivity contribution in [1.82, 2.24) is 10.1 Å². The van der Waals surface area contributed by atoms with Gasteiger partial charge in [0.1, 0.15) is 0 Å². The Morgan fingerprint density at radius 3 is 2.43 bits per heavy atom. The van der Waals surface area contributed by atoms with Crippen molar-refractivity contribution in [2.24, 2.45) is 5.14 Å². The van der Waals surface area contributed by atoms with E-state index in [0.29, 0.717) is 11.5 Å². The van der Waals surface area contributed by atoms with Crippen molar-refractivity contribution in [3.8, 4) is 11.5 Å². The van der Waals surface area contributed by atoms with Crippen LogP contribution < -0.4 is 5.14 Å². The maximum atomic E-state index is 11.1. The Kier molecular flexibility index (Phi) is 4.25. The Balaban J connectivity index is 1.83. The van der Waals surface area contributed by atoms with Crippen LogP contribution in [0.3, 0.4) is 0 Å². The zero-order chi connectivity index (χ0) is 16.5. The molecule has 0 unspecified atom stereocenters. The maximum Gasteiger partial charge on any atom is 0.257 e. The minimum atomic E-state index is -3.52. The Hall–Kier alpha value is -1.73. The molecule has 1 aliphatic carbocycles. The van der Waals surface area contributed by atoms with Gasteiger partial charge in [-0.05, 0) is 37.0 Å². The Bertz CT molecular complexity index is 775. The van der Waals surface area contributed by atoms with Crippen LogP contribution in [0.1, 0.15) is 50.4 Å². The van der Waals surface area contributed by atoms with Crippen molar-refractivity contribution in [3.63, 3.8) is 0 Å². The first-order valence-corrected chi connectivity index (χ1v) is 9.57. The molecule has 1 heterocycles. The second kappa shape index (κ2) is 6.05. The largest absolute Gasteiger partial charge is 0.334 e.